The van der Waals surface area contributed by atoms with Crippen molar-refractivity contribution < 1.29 is 17.9 Å². The second-order valence-electron chi connectivity index (χ2n) is 4.79. The third-order valence-electron chi connectivity index (χ3n) is 2.74. The quantitative estimate of drug-likeness (QED) is 0.438. The van der Waals surface area contributed by atoms with Crippen molar-refractivity contribution in [3.05, 3.63) is 48.0 Å². The Morgan fingerprint density at radius 1 is 1.22 bits per heavy atom. The minimum Gasteiger partial charge on any atom is -0.367 e. The van der Waals surface area contributed by atoms with Gasteiger partial charge in [-0.15, -0.1) is 6.58 Å². The van der Waals surface area contributed by atoms with Crippen LogP contribution in [0.25, 0.3) is 0 Å². The predicted octanol–water partition coefficient (Wildman–Crippen LogP) is 3.01. The van der Waals surface area contributed by atoms with Gasteiger partial charge in [0, 0.05) is 13.1 Å². The van der Waals surface area contributed by atoms with Crippen molar-refractivity contribution in [1.82, 2.24) is 10.6 Å². The fourth-order valence-electron chi connectivity index (χ4n) is 1.71. The molecule has 0 saturated carbocycles. The zero-order chi connectivity index (χ0) is 17.1. The molecule has 0 aliphatic heterocycles. The summed E-state index contributed by atoms with van der Waals surface area (Å²) in [6.07, 6.45) is -2.56. The van der Waals surface area contributed by atoms with Crippen LogP contribution in [-0.2, 0) is 17.9 Å². The average molecular weight is 329 g/mol. The third kappa shape index (κ3) is 8.87. The lowest BCUT2D eigenvalue weighted by atomic mass is 10.1. The molecule has 7 heteroatoms. The first-order chi connectivity index (χ1) is 10.9. The van der Waals surface area contributed by atoms with E-state index in [-0.39, 0.29) is 6.61 Å². The molecule has 0 saturated heterocycles. The number of halogens is 3. The Morgan fingerprint density at radius 3 is 2.43 bits per heavy atom. The van der Waals surface area contributed by atoms with Crippen molar-refractivity contribution in [3.8, 4) is 0 Å². The molecule has 128 valence electrons. The van der Waals surface area contributed by atoms with Gasteiger partial charge in [0.1, 0.15) is 6.61 Å². The van der Waals surface area contributed by atoms with E-state index in [4.69, 9.17) is 0 Å². The number of hydrogen-bond donors (Lipinski definition) is 2. The lowest BCUT2D eigenvalue weighted by Crippen LogP contribution is -2.37. The molecule has 0 spiro atoms. The number of rotatable bonds is 8. The van der Waals surface area contributed by atoms with Crippen LogP contribution < -0.4 is 10.6 Å². The van der Waals surface area contributed by atoms with Crippen LogP contribution in [-0.4, -0.2) is 31.8 Å². The molecule has 23 heavy (non-hydrogen) atoms. The monoisotopic (exact) mass is 329 g/mol. The smallest absolute Gasteiger partial charge is 0.367 e. The zero-order valence-corrected chi connectivity index (χ0v) is 13.1. The first-order valence-electron chi connectivity index (χ1n) is 7.30. The second kappa shape index (κ2) is 9.89. The molecule has 1 rings (SSSR count). The SMILES string of the molecule is C=CCNC(=NCc1ccc(COCC(F)(F)F)cc1)NCC. The highest BCUT2D eigenvalue weighted by molar-refractivity contribution is 5.79. The minimum atomic E-state index is -4.30. The summed E-state index contributed by atoms with van der Waals surface area (Å²) in [4.78, 5) is 4.41. The number of nitrogens with one attached hydrogen (secondary N) is 2. The summed E-state index contributed by atoms with van der Waals surface area (Å²) < 4.78 is 40.6. The number of nitrogens with zero attached hydrogens (tertiary/aromatic N) is 1. The maximum atomic E-state index is 12.0. The summed E-state index contributed by atoms with van der Waals surface area (Å²) in [5, 5.41) is 6.19. The molecule has 0 aliphatic carbocycles. The van der Waals surface area contributed by atoms with E-state index in [0.717, 1.165) is 12.1 Å². The van der Waals surface area contributed by atoms with Crippen LogP contribution >= 0.6 is 0 Å². The van der Waals surface area contributed by atoms with E-state index in [9.17, 15) is 13.2 Å². The largest absolute Gasteiger partial charge is 0.411 e. The second-order valence-corrected chi connectivity index (χ2v) is 4.79. The molecule has 1 aromatic rings. The standard InChI is InChI=1S/C16H22F3N3O/c1-3-9-21-15(20-4-2)22-10-13-5-7-14(8-6-13)11-23-12-16(17,18)19/h3,5-8H,1,4,9-12H2,2H3,(H2,20,21,22). The molecular weight excluding hydrogens is 307 g/mol. The molecule has 1 aromatic carbocycles. The van der Waals surface area contributed by atoms with Gasteiger partial charge in [-0.2, -0.15) is 13.2 Å². The van der Waals surface area contributed by atoms with Crippen molar-refractivity contribution in [1.29, 1.82) is 0 Å². The van der Waals surface area contributed by atoms with Gasteiger partial charge in [0.2, 0.25) is 0 Å². The van der Waals surface area contributed by atoms with E-state index in [1.54, 1.807) is 18.2 Å². The summed E-state index contributed by atoms with van der Waals surface area (Å²) in [5.74, 6) is 0.685. The summed E-state index contributed by atoms with van der Waals surface area (Å²) in [6.45, 7) is 6.14. The maximum absolute atomic E-state index is 12.0. The molecule has 0 atom stereocenters. The molecule has 0 unspecified atom stereocenters. The van der Waals surface area contributed by atoms with Crippen molar-refractivity contribution >= 4 is 5.96 Å². The highest BCUT2D eigenvalue weighted by atomic mass is 19.4. The minimum absolute atomic E-state index is 0.0629. The molecule has 0 radical (unpaired) electrons. The topological polar surface area (TPSA) is 45.7 Å². The molecule has 4 nitrogen and oxygen atoms in total. The van der Waals surface area contributed by atoms with Gasteiger partial charge in [-0.25, -0.2) is 4.99 Å². The van der Waals surface area contributed by atoms with Crippen molar-refractivity contribution in [3.63, 3.8) is 0 Å². The predicted molar refractivity (Wildman–Crippen MR) is 85.2 cm³/mol. The van der Waals surface area contributed by atoms with Gasteiger partial charge in [-0.1, -0.05) is 30.3 Å². The van der Waals surface area contributed by atoms with Gasteiger partial charge in [0.25, 0.3) is 0 Å². The van der Waals surface area contributed by atoms with Crippen molar-refractivity contribution in [2.24, 2.45) is 4.99 Å². The van der Waals surface area contributed by atoms with Crippen LogP contribution in [0.4, 0.5) is 13.2 Å². The zero-order valence-electron chi connectivity index (χ0n) is 13.1. The Labute approximate surface area is 134 Å². The number of benzene rings is 1. The van der Waals surface area contributed by atoms with Crippen molar-refractivity contribution in [2.75, 3.05) is 19.7 Å². The number of aliphatic imine (C=N–C) groups is 1. The normalized spacial score (nSPS) is 12.1. The molecule has 0 fully saturated rings. The van der Waals surface area contributed by atoms with Crippen molar-refractivity contribution in [2.45, 2.75) is 26.3 Å². The van der Waals surface area contributed by atoms with E-state index in [1.165, 1.54) is 0 Å². The Morgan fingerprint density at radius 2 is 1.87 bits per heavy atom. The van der Waals surface area contributed by atoms with Gasteiger partial charge >= 0.3 is 6.18 Å². The Bertz CT molecular complexity index is 498. The summed E-state index contributed by atoms with van der Waals surface area (Å²) >= 11 is 0. The highest BCUT2D eigenvalue weighted by Gasteiger charge is 2.27. The molecular formula is C16H22F3N3O. The number of guanidine groups is 1. The lowest BCUT2D eigenvalue weighted by Gasteiger charge is -2.10. The molecule has 0 aliphatic rings. The number of hydrogen-bond acceptors (Lipinski definition) is 2. The van der Waals surface area contributed by atoms with Gasteiger partial charge in [0.05, 0.1) is 13.2 Å². The number of alkyl halides is 3. The van der Waals surface area contributed by atoms with E-state index < -0.39 is 12.8 Å². The number of ether oxygens (including phenoxy) is 1. The fraction of sp³-hybridized carbons (Fsp3) is 0.438. The van der Waals surface area contributed by atoms with Gasteiger partial charge < -0.3 is 15.4 Å². The Balaban J connectivity index is 2.50. The van der Waals surface area contributed by atoms with E-state index >= 15 is 0 Å². The molecule has 0 amide bonds. The van der Waals surface area contributed by atoms with E-state index in [1.807, 2.05) is 19.1 Å². The average Bonchev–Trinajstić information content (AvgIpc) is 2.50. The fourth-order valence-corrected chi connectivity index (χ4v) is 1.71. The first kappa shape index (κ1) is 19.0. The van der Waals surface area contributed by atoms with Crippen LogP contribution in [0.3, 0.4) is 0 Å². The highest BCUT2D eigenvalue weighted by Crippen LogP contribution is 2.15. The van der Waals surface area contributed by atoms with Crippen LogP contribution in [0.2, 0.25) is 0 Å². The lowest BCUT2D eigenvalue weighted by molar-refractivity contribution is -0.176. The molecule has 0 aromatic heterocycles. The van der Waals surface area contributed by atoms with Crippen LogP contribution in [0, 0.1) is 0 Å². The van der Waals surface area contributed by atoms with E-state index in [0.29, 0.717) is 24.6 Å². The van der Waals surface area contributed by atoms with Gasteiger partial charge in [-0.05, 0) is 18.1 Å². The molecule has 0 heterocycles. The van der Waals surface area contributed by atoms with Gasteiger partial charge in [-0.3, -0.25) is 0 Å². The van der Waals surface area contributed by atoms with Gasteiger partial charge in [0.15, 0.2) is 5.96 Å². The summed E-state index contributed by atoms with van der Waals surface area (Å²) in [6, 6.07) is 7.14. The summed E-state index contributed by atoms with van der Waals surface area (Å²) in [5.41, 5.74) is 1.65. The maximum Gasteiger partial charge on any atom is 0.411 e. The molecule has 2 N–H and O–H groups in total. The van der Waals surface area contributed by atoms with E-state index in [2.05, 4.69) is 26.9 Å². The summed E-state index contributed by atoms with van der Waals surface area (Å²) in [7, 11) is 0. The van der Waals surface area contributed by atoms with Crippen LogP contribution in [0.1, 0.15) is 18.1 Å². The first-order valence-corrected chi connectivity index (χ1v) is 7.30. The molecule has 0 bridgehead atoms. The van der Waals surface area contributed by atoms with Crippen LogP contribution in [0.15, 0.2) is 41.9 Å². The Hall–Kier alpha value is -2.02. The third-order valence-corrected chi connectivity index (χ3v) is 2.74. The Kier molecular flexibility index (Phi) is 8.18. The van der Waals surface area contributed by atoms with Crippen LogP contribution in [0.5, 0.6) is 0 Å².